The quantitative estimate of drug-likeness (QED) is 0.779. The predicted octanol–water partition coefficient (Wildman–Crippen LogP) is 1.78. The zero-order valence-corrected chi connectivity index (χ0v) is 10.9. The highest BCUT2D eigenvalue weighted by Gasteiger charge is 2.10. The van der Waals surface area contributed by atoms with Crippen LogP contribution in [0.25, 0.3) is 11.0 Å². The first kappa shape index (κ1) is 12.2. The smallest absolute Gasteiger partial charge is 0.201 e. The van der Waals surface area contributed by atoms with E-state index in [0.29, 0.717) is 17.0 Å². The van der Waals surface area contributed by atoms with E-state index in [1.807, 2.05) is 33.6 Å². The highest BCUT2D eigenvalue weighted by molar-refractivity contribution is 5.83. The highest BCUT2D eigenvalue weighted by Crippen LogP contribution is 2.21. The van der Waals surface area contributed by atoms with E-state index >= 15 is 0 Å². The topological polar surface area (TPSA) is 85.5 Å². The van der Waals surface area contributed by atoms with E-state index in [2.05, 4.69) is 16.2 Å². The Bertz CT molecular complexity index is 763. The number of nitriles is 1. The Kier molecular flexibility index (Phi) is 3.09. The van der Waals surface area contributed by atoms with Gasteiger partial charge in [-0.25, -0.2) is 4.98 Å². The Morgan fingerprint density at radius 1 is 1.25 bits per heavy atom. The van der Waals surface area contributed by atoms with Crippen molar-refractivity contribution in [2.45, 2.75) is 19.5 Å². The van der Waals surface area contributed by atoms with E-state index in [-0.39, 0.29) is 0 Å². The van der Waals surface area contributed by atoms with Gasteiger partial charge in [-0.05, 0) is 24.6 Å². The molecule has 2 N–H and O–H groups in total. The molecule has 0 unspecified atom stereocenters. The van der Waals surface area contributed by atoms with Crippen LogP contribution in [0.3, 0.4) is 0 Å². The van der Waals surface area contributed by atoms with E-state index in [1.54, 1.807) is 12.3 Å². The van der Waals surface area contributed by atoms with E-state index in [0.717, 1.165) is 25.0 Å². The second-order valence-electron chi connectivity index (χ2n) is 4.53. The molecule has 0 amide bonds. The first-order chi connectivity index (χ1) is 9.79. The summed E-state index contributed by atoms with van der Waals surface area (Å²) < 4.78 is 3.83. The zero-order chi connectivity index (χ0) is 13.9. The molecule has 3 rings (SSSR count). The van der Waals surface area contributed by atoms with Crippen LogP contribution in [0.5, 0.6) is 0 Å². The molecule has 0 saturated heterocycles. The molecule has 3 aromatic rings. The largest absolute Gasteiger partial charge is 0.369 e. The number of anilines is 1. The van der Waals surface area contributed by atoms with Gasteiger partial charge in [0.05, 0.1) is 11.1 Å². The Morgan fingerprint density at radius 3 is 2.90 bits per heavy atom. The van der Waals surface area contributed by atoms with Gasteiger partial charge in [0.1, 0.15) is 11.6 Å². The van der Waals surface area contributed by atoms with Crippen molar-refractivity contribution in [1.29, 1.82) is 5.26 Å². The van der Waals surface area contributed by atoms with E-state index in [1.165, 1.54) is 0 Å². The van der Waals surface area contributed by atoms with Gasteiger partial charge in [0.25, 0.3) is 0 Å². The lowest BCUT2D eigenvalue weighted by atomic mass is 10.2. The van der Waals surface area contributed by atoms with E-state index in [9.17, 15) is 0 Å². The minimum absolute atomic E-state index is 0.447. The minimum Gasteiger partial charge on any atom is -0.369 e. The third-order valence-corrected chi connectivity index (χ3v) is 3.26. The summed E-state index contributed by atoms with van der Waals surface area (Å²) in [6, 6.07) is 9.59. The minimum atomic E-state index is 0.447. The van der Waals surface area contributed by atoms with Crippen LogP contribution in [0, 0.1) is 11.3 Å². The van der Waals surface area contributed by atoms with Gasteiger partial charge >= 0.3 is 0 Å². The van der Waals surface area contributed by atoms with Gasteiger partial charge in [0, 0.05) is 25.5 Å². The molecule has 0 aliphatic rings. The fourth-order valence-electron chi connectivity index (χ4n) is 2.31. The van der Waals surface area contributed by atoms with Crippen LogP contribution in [0.2, 0.25) is 0 Å². The molecule has 0 atom stereocenters. The standard InChI is InChI=1S/C14H14N6/c15-10-11-4-1-5-12-13(11)18-14(16)20(12)9-3-8-19-7-2-6-17-19/h1-2,4-7H,3,8-9H2,(H2,16,18). The summed E-state index contributed by atoms with van der Waals surface area (Å²) in [4.78, 5) is 4.30. The number of imidazole rings is 1. The summed E-state index contributed by atoms with van der Waals surface area (Å²) in [6.07, 6.45) is 4.59. The molecule has 20 heavy (non-hydrogen) atoms. The zero-order valence-electron chi connectivity index (χ0n) is 10.9. The number of hydrogen-bond donors (Lipinski definition) is 1. The molecular weight excluding hydrogens is 252 g/mol. The lowest BCUT2D eigenvalue weighted by Gasteiger charge is -2.06. The second-order valence-corrected chi connectivity index (χ2v) is 4.53. The normalized spacial score (nSPS) is 10.8. The van der Waals surface area contributed by atoms with Crippen molar-refractivity contribution in [3.05, 3.63) is 42.2 Å². The maximum Gasteiger partial charge on any atom is 0.201 e. The number of rotatable bonds is 4. The van der Waals surface area contributed by atoms with Gasteiger partial charge in [0.15, 0.2) is 0 Å². The Morgan fingerprint density at radius 2 is 2.15 bits per heavy atom. The van der Waals surface area contributed by atoms with Crippen molar-refractivity contribution in [1.82, 2.24) is 19.3 Å². The van der Waals surface area contributed by atoms with Crippen molar-refractivity contribution in [2.24, 2.45) is 0 Å². The van der Waals surface area contributed by atoms with Gasteiger partial charge in [-0.15, -0.1) is 0 Å². The van der Waals surface area contributed by atoms with Crippen LogP contribution in [-0.2, 0) is 13.1 Å². The lowest BCUT2D eigenvalue weighted by Crippen LogP contribution is -2.07. The maximum atomic E-state index is 9.09. The molecule has 0 bridgehead atoms. The van der Waals surface area contributed by atoms with Gasteiger partial charge in [-0.3, -0.25) is 4.68 Å². The SMILES string of the molecule is N#Cc1cccc2c1nc(N)n2CCCn1cccn1. The number of hydrogen-bond acceptors (Lipinski definition) is 4. The highest BCUT2D eigenvalue weighted by atomic mass is 15.3. The number of nitrogens with zero attached hydrogens (tertiary/aromatic N) is 5. The third-order valence-electron chi connectivity index (χ3n) is 3.26. The molecule has 6 heteroatoms. The van der Waals surface area contributed by atoms with Crippen molar-refractivity contribution in [3.63, 3.8) is 0 Å². The molecule has 0 aliphatic heterocycles. The van der Waals surface area contributed by atoms with Crippen LogP contribution >= 0.6 is 0 Å². The van der Waals surface area contributed by atoms with Crippen LogP contribution in [0.1, 0.15) is 12.0 Å². The molecule has 0 spiro atoms. The van der Waals surface area contributed by atoms with Crippen LogP contribution < -0.4 is 5.73 Å². The molecule has 100 valence electrons. The number of nitrogens with two attached hydrogens (primary N) is 1. The summed E-state index contributed by atoms with van der Waals surface area (Å²) in [5, 5.41) is 13.2. The Balaban J connectivity index is 1.84. The summed E-state index contributed by atoms with van der Waals surface area (Å²) in [7, 11) is 0. The average Bonchev–Trinajstić information content (AvgIpc) is 3.07. The number of benzene rings is 1. The summed E-state index contributed by atoms with van der Waals surface area (Å²) in [5.74, 6) is 0.447. The van der Waals surface area contributed by atoms with E-state index in [4.69, 9.17) is 11.0 Å². The number of para-hydroxylation sites is 1. The fraction of sp³-hybridized carbons (Fsp3) is 0.214. The molecule has 0 aliphatic carbocycles. The first-order valence-electron chi connectivity index (χ1n) is 6.42. The number of fused-ring (bicyclic) bond motifs is 1. The van der Waals surface area contributed by atoms with Crippen LogP contribution in [0.4, 0.5) is 5.95 Å². The number of aryl methyl sites for hydroxylation is 2. The second kappa shape index (κ2) is 5.05. The van der Waals surface area contributed by atoms with Crippen molar-refractivity contribution >= 4 is 17.0 Å². The number of nitrogen functional groups attached to an aromatic ring is 1. The monoisotopic (exact) mass is 266 g/mol. The Labute approximate surface area is 116 Å². The van der Waals surface area contributed by atoms with Crippen molar-refractivity contribution in [2.75, 3.05) is 5.73 Å². The van der Waals surface area contributed by atoms with Crippen molar-refractivity contribution < 1.29 is 0 Å². The maximum absolute atomic E-state index is 9.09. The van der Waals surface area contributed by atoms with Gasteiger partial charge in [-0.1, -0.05) is 6.07 Å². The third kappa shape index (κ3) is 2.10. The van der Waals surface area contributed by atoms with Gasteiger partial charge in [0.2, 0.25) is 5.95 Å². The van der Waals surface area contributed by atoms with Crippen molar-refractivity contribution in [3.8, 4) is 6.07 Å². The van der Waals surface area contributed by atoms with E-state index < -0.39 is 0 Å². The fourth-order valence-corrected chi connectivity index (χ4v) is 2.31. The predicted molar refractivity (Wildman–Crippen MR) is 75.7 cm³/mol. The Hall–Kier alpha value is -2.81. The average molecular weight is 266 g/mol. The van der Waals surface area contributed by atoms with Gasteiger partial charge < -0.3 is 10.3 Å². The molecule has 6 nitrogen and oxygen atoms in total. The van der Waals surface area contributed by atoms with Crippen LogP contribution in [-0.4, -0.2) is 19.3 Å². The molecule has 1 aromatic carbocycles. The molecule has 0 fully saturated rings. The molecule has 0 radical (unpaired) electrons. The first-order valence-corrected chi connectivity index (χ1v) is 6.42. The molecule has 2 heterocycles. The lowest BCUT2D eigenvalue weighted by molar-refractivity contribution is 0.535. The molecule has 0 saturated carbocycles. The molecular formula is C14H14N6. The summed E-state index contributed by atoms with van der Waals surface area (Å²) in [6.45, 7) is 1.57. The van der Waals surface area contributed by atoms with Gasteiger partial charge in [-0.2, -0.15) is 10.4 Å². The summed E-state index contributed by atoms with van der Waals surface area (Å²) in [5.41, 5.74) is 8.09. The molecule has 2 aromatic heterocycles. The summed E-state index contributed by atoms with van der Waals surface area (Å²) >= 11 is 0. The number of aromatic nitrogens is 4. The van der Waals surface area contributed by atoms with Crippen LogP contribution in [0.15, 0.2) is 36.7 Å².